The molecule has 1 atom stereocenters. The Hall–Kier alpha value is -1.59. The van der Waals surface area contributed by atoms with Crippen LogP contribution in [-0.4, -0.2) is 27.9 Å². The van der Waals surface area contributed by atoms with Gasteiger partial charge in [-0.2, -0.15) is 0 Å². The molecule has 2 aromatic rings. The van der Waals surface area contributed by atoms with Crippen molar-refractivity contribution in [1.82, 2.24) is 9.55 Å². The van der Waals surface area contributed by atoms with E-state index in [1.807, 2.05) is 0 Å². The standard InChI is InChI=1S/C13H14ClFN2O2/c1-8(18)7-17-4-3-16-13(17)9-5-10(14)12(19-2)11(15)6-9/h3-6,8,18H,7H2,1-2H3/t8-/m1/s1. The van der Waals surface area contributed by atoms with Gasteiger partial charge in [-0.05, 0) is 19.1 Å². The number of halogens is 2. The number of imidazole rings is 1. The lowest BCUT2D eigenvalue weighted by molar-refractivity contribution is 0.174. The molecule has 0 radical (unpaired) electrons. The van der Waals surface area contributed by atoms with E-state index < -0.39 is 11.9 Å². The fraction of sp³-hybridized carbons (Fsp3) is 0.308. The van der Waals surface area contributed by atoms with Crippen LogP contribution in [-0.2, 0) is 6.54 Å². The van der Waals surface area contributed by atoms with Crippen LogP contribution in [0.3, 0.4) is 0 Å². The van der Waals surface area contributed by atoms with Gasteiger partial charge in [0.25, 0.3) is 0 Å². The highest BCUT2D eigenvalue weighted by Crippen LogP contribution is 2.32. The monoisotopic (exact) mass is 284 g/mol. The molecule has 19 heavy (non-hydrogen) atoms. The molecule has 0 fully saturated rings. The van der Waals surface area contributed by atoms with Crippen molar-refractivity contribution in [2.75, 3.05) is 7.11 Å². The zero-order chi connectivity index (χ0) is 14.0. The number of methoxy groups -OCH3 is 1. The van der Waals surface area contributed by atoms with Crippen molar-refractivity contribution < 1.29 is 14.2 Å². The summed E-state index contributed by atoms with van der Waals surface area (Å²) in [6.07, 6.45) is 2.79. The van der Waals surface area contributed by atoms with Gasteiger partial charge in [-0.1, -0.05) is 11.6 Å². The van der Waals surface area contributed by atoms with Crippen molar-refractivity contribution in [3.05, 3.63) is 35.4 Å². The molecule has 0 amide bonds. The molecule has 2 rings (SSSR count). The van der Waals surface area contributed by atoms with Crippen LogP contribution in [0.15, 0.2) is 24.5 Å². The lowest BCUT2D eigenvalue weighted by Gasteiger charge is -2.11. The first-order valence-electron chi connectivity index (χ1n) is 5.75. The van der Waals surface area contributed by atoms with Crippen molar-refractivity contribution in [1.29, 1.82) is 0 Å². The average molecular weight is 285 g/mol. The average Bonchev–Trinajstić information content (AvgIpc) is 2.75. The highest BCUT2D eigenvalue weighted by atomic mass is 35.5. The van der Waals surface area contributed by atoms with Crippen LogP contribution in [0.4, 0.5) is 4.39 Å². The summed E-state index contributed by atoms with van der Waals surface area (Å²) in [6.45, 7) is 2.05. The Kier molecular flexibility index (Phi) is 4.07. The molecule has 1 heterocycles. The number of rotatable bonds is 4. The third-order valence-corrected chi connectivity index (χ3v) is 2.92. The number of aromatic nitrogens is 2. The molecule has 0 spiro atoms. The zero-order valence-electron chi connectivity index (χ0n) is 10.6. The van der Waals surface area contributed by atoms with Crippen molar-refractivity contribution >= 4 is 11.6 Å². The highest BCUT2D eigenvalue weighted by Gasteiger charge is 2.14. The van der Waals surface area contributed by atoms with Crippen molar-refractivity contribution in [2.24, 2.45) is 0 Å². The lowest BCUT2D eigenvalue weighted by Crippen LogP contribution is -2.12. The smallest absolute Gasteiger partial charge is 0.173 e. The second-order valence-corrected chi connectivity index (χ2v) is 4.63. The molecule has 4 nitrogen and oxygen atoms in total. The van der Waals surface area contributed by atoms with E-state index in [0.717, 1.165) is 0 Å². The molecule has 102 valence electrons. The van der Waals surface area contributed by atoms with Crippen LogP contribution in [0.2, 0.25) is 5.02 Å². The van der Waals surface area contributed by atoms with E-state index in [4.69, 9.17) is 16.3 Å². The van der Waals surface area contributed by atoms with Gasteiger partial charge >= 0.3 is 0 Å². The maximum Gasteiger partial charge on any atom is 0.173 e. The maximum atomic E-state index is 13.8. The lowest BCUT2D eigenvalue weighted by atomic mass is 10.2. The number of hydrogen-bond donors (Lipinski definition) is 1. The van der Waals surface area contributed by atoms with Gasteiger partial charge < -0.3 is 14.4 Å². The van der Waals surface area contributed by atoms with Gasteiger partial charge in [-0.15, -0.1) is 0 Å². The second kappa shape index (κ2) is 5.59. The Bertz CT molecular complexity index is 561. The van der Waals surface area contributed by atoms with Crippen LogP contribution in [0, 0.1) is 5.82 Å². The van der Waals surface area contributed by atoms with Crippen molar-refractivity contribution in [3.8, 4) is 17.1 Å². The summed E-state index contributed by atoms with van der Waals surface area (Å²) in [4.78, 5) is 4.16. The van der Waals surface area contributed by atoms with Gasteiger partial charge in [-0.3, -0.25) is 0 Å². The van der Waals surface area contributed by atoms with E-state index in [1.54, 1.807) is 30.0 Å². The van der Waals surface area contributed by atoms with Gasteiger partial charge in [0.15, 0.2) is 11.6 Å². The molecule has 0 bridgehead atoms. The summed E-state index contributed by atoms with van der Waals surface area (Å²) in [6, 6.07) is 2.90. The SMILES string of the molecule is COc1c(F)cc(-c2nccn2C[C@@H](C)O)cc1Cl. The Morgan fingerprint density at radius 2 is 2.26 bits per heavy atom. The van der Waals surface area contributed by atoms with E-state index in [0.29, 0.717) is 17.9 Å². The van der Waals surface area contributed by atoms with Gasteiger partial charge in [0.2, 0.25) is 0 Å². The predicted molar refractivity (Wildman–Crippen MR) is 70.9 cm³/mol. The normalized spacial score (nSPS) is 12.5. The number of aliphatic hydroxyl groups excluding tert-OH is 1. The molecule has 1 aromatic carbocycles. The van der Waals surface area contributed by atoms with Crippen molar-refractivity contribution in [3.63, 3.8) is 0 Å². The van der Waals surface area contributed by atoms with Crippen LogP contribution in [0.25, 0.3) is 11.4 Å². The molecule has 0 saturated carbocycles. The van der Waals surface area contributed by atoms with E-state index in [-0.39, 0.29) is 10.8 Å². The quantitative estimate of drug-likeness (QED) is 0.939. The molecule has 0 aliphatic rings. The van der Waals surface area contributed by atoms with Crippen LogP contribution in [0.5, 0.6) is 5.75 Å². The number of ether oxygens (including phenoxy) is 1. The number of hydrogen-bond acceptors (Lipinski definition) is 3. The number of nitrogens with zero attached hydrogens (tertiary/aromatic N) is 2. The summed E-state index contributed by atoms with van der Waals surface area (Å²) in [5.74, 6) is 0.0139. The van der Waals surface area contributed by atoms with Crippen molar-refractivity contribution in [2.45, 2.75) is 19.6 Å². The van der Waals surface area contributed by atoms with E-state index in [1.165, 1.54) is 13.2 Å². The molecular formula is C13H14ClFN2O2. The second-order valence-electron chi connectivity index (χ2n) is 4.23. The summed E-state index contributed by atoms with van der Waals surface area (Å²) in [5, 5.41) is 9.60. The Balaban J connectivity index is 2.45. The largest absolute Gasteiger partial charge is 0.492 e. The first-order valence-corrected chi connectivity index (χ1v) is 6.13. The summed E-state index contributed by atoms with van der Waals surface area (Å²) < 4.78 is 20.4. The summed E-state index contributed by atoms with van der Waals surface area (Å²) >= 11 is 5.96. The van der Waals surface area contributed by atoms with E-state index in [2.05, 4.69) is 4.98 Å². The van der Waals surface area contributed by atoms with Gasteiger partial charge in [0.05, 0.1) is 18.2 Å². The van der Waals surface area contributed by atoms with Gasteiger partial charge in [-0.25, -0.2) is 9.37 Å². The van der Waals surface area contributed by atoms with Crippen LogP contribution >= 0.6 is 11.6 Å². The third kappa shape index (κ3) is 2.88. The Labute approximate surface area is 115 Å². The Morgan fingerprint density at radius 3 is 2.84 bits per heavy atom. The fourth-order valence-corrected chi connectivity index (χ4v) is 2.17. The minimum Gasteiger partial charge on any atom is -0.492 e. The van der Waals surface area contributed by atoms with Gasteiger partial charge in [0.1, 0.15) is 5.82 Å². The maximum absolute atomic E-state index is 13.8. The summed E-state index contributed by atoms with van der Waals surface area (Å²) in [5.41, 5.74) is 0.536. The molecule has 1 aromatic heterocycles. The minimum absolute atomic E-state index is 0.0130. The third-order valence-electron chi connectivity index (χ3n) is 2.64. The highest BCUT2D eigenvalue weighted by molar-refractivity contribution is 6.32. The molecule has 0 aliphatic heterocycles. The topological polar surface area (TPSA) is 47.3 Å². The summed E-state index contributed by atoms with van der Waals surface area (Å²) in [7, 11) is 1.36. The molecule has 0 unspecified atom stereocenters. The van der Waals surface area contributed by atoms with E-state index >= 15 is 0 Å². The van der Waals surface area contributed by atoms with E-state index in [9.17, 15) is 9.50 Å². The predicted octanol–water partition coefficient (Wildman–Crippen LogP) is 2.73. The fourth-order valence-electron chi connectivity index (χ4n) is 1.89. The zero-order valence-corrected chi connectivity index (χ0v) is 11.4. The molecule has 6 heteroatoms. The number of aliphatic hydroxyl groups is 1. The van der Waals surface area contributed by atoms with Crippen LogP contribution in [0.1, 0.15) is 6.92 Å². The van der Waals surface area contributed by atoms with Crippen LogP contribution < -0.4 is 4.74 Å². The molecule has 1 N–H and O–H groups in total. The molecule has 0 saturated heterocycles. The van der Waals surface area contributed by atoms with Gasteiger partial charge in [0, 0.05) is 24.5 Å². The number of benzene rings is 1. The minimum atomic E-state index is -0.545. The molecular weight excluding hydrogens is 271 g/mol. The first-order chi connectivity index (χ1) is 9.02. The molecule has 0 aliphatic carbocycles. The Morgan fingerprint density at radius 1 is 1.53 bits per heavy atom. The first kappa shape index (κ1) is 13.8.